The number of aromatic nitrogens is 4. The summed E-state index contributed by atoms with van der Waals surface area (Å²) in [5, 5.41) is 12.8. The van der Waals surface area contributed by atoms with Crippen molar-refractivity contribution in [1.29, 1.82) is 0 Å². The van der Waals surface area contributed by atoms with Gasteiger partial charge in [0.2, 0.25) is 0 Å². The second-order valence-electron chi connectivity index (χ2n) is 5.20. The van der Waals surface area contributed by atoms with Crippen molar-refractivity contribution < 1.29 is 5.11 Å². The van der Waals surface area contributed by atoms with Gasteiger partial charge in [0.1, 0.15) is 11.8 Å². The normalized spacial score (nSPS) is 12.5. The quantitative estimate of drug-likeness (QED) is 0.757. The van der Waals surface area contributed by atoms with Crippen molar-refractivity contribution in [2.75, 3.05) is 5.32 Å². The van der Waals surface area contributed by atoms with Crippen LogP contribution in [0.4, 0.5) is 5.82 Å². The Balaban J connectivity index is 1.77. The van der Waals surface area contributed by atoms with Gasteiger partial charge in [0.05, 0.1) is 12.4 Å². The number of aliphatic hydroxyl groups is 1. The first-order chi connectivity index (χ1) is 10.7. The number of anilines is 1. The predicted molar refractivity (Wildman–Crippen MR) is 85.4 cm³/mol. The van der Waals surface area contributed by atoms with Crippen LogP contribution in [0.3, 0.4) is 0 Å². The van der Waals surface area contributed by atoms with Crippen LogP contribution in [0.5, 0.6) is 0 Å². The second-order valence-corrected chi connectivity index (χ2v) is 5.20. The molecule has 2 N–H and O–H groups in total. The topological polar surface area (TPSA) is 75.9 Å². The SMILES string of the molecule is CCn1cnc2c(NCc3ccc(C(C)O)cc3)ncnc21. The lowest BCUT2D eigenvalue weighted by Crippen LogP contribution is -2.03. The molecule has 114 valence electrons. The molecule has 3 rings (SSSR count). The Morgan fingerprint density at radius 3 is 2.64 bits per heavy atom. The van der Waals surface area contributed by atoms with Gasteiger partial charge in [-0.05, 0) is 25.0 Å². The van der Waals surface area contributed by atoms with E-state index < -0.39 is 6.10 Å². The molecule has 0 saturated heterocycles. The van der Waals surface area contributed by atoms with E-state index in [1.807, 2.05) is 28.8 Å². The zero-order valence-corrected chi connectivity index (χ0v) is 12.7. The van der Waals surface area contributed by atoms with Crippen molar-refractivity contribution in [3.8, 4) is 0 Å². The van der Waals surface area contributed by atoms with Gasteiger partial charge in [-0.1, -0.05) is 24.3 Å². The number of nitrogens with zero attached hydrogens (tertiary/aromatic N) is 4. The highest BCUT2D eigenvalue weighted by atomic mass is 16.3. The Hall–Kier alpha value is -2.47. The molecule has 1 aromatic carbocycles. The predicted octanol–water partition coefficient (Wildman–Crippen LogP) is 2.51. The van der Waals surface area contributed by atoms with Crippen molar-refractivity contribution in [3.05, 3.63) is 48.0 Å². The molecule has 2 aromatic heterocycles. The third-order valence-electron chi connectivity index (χ3n) is 3.66. The molecule has 0 aliphatic carbocycles. The lowest BCUT2D eigenvalue weighted by atomic mass is 10.1. The summed E-state index contributed by atoms with van der Waals surface area (Å²) in [7, 11) is 0. The van der Waals surface area contributed by atoms with E-state index >= 15 is 0 Å². The fraction of sp³-hybridized carbons (Fsp3) is 0.312. The number of aliphatic hydroxyl groups excluding tert-OH is 1. The molecule has 0 bridgehead atoms. The first-order valence-electron chi connectivity index (χ1n) is 7.35. The van der Waals surface area contributed by atoms with Gasteiger partial charge in [-0.2, -0.15) is 0 Å². The van der Waals surface area contributed by atoms with E-state index in [1.54, 1.807) is 19.6 Å². The lowest BCUT2D eigenvalue weighted by molar-refractivity contribution is 0.199. The van der Waals surface area contributed by atoms with Crippen LogP contribution in [0.15, 0.2) is 36.9 Å². The average molecular weight is 297 g/mol. The Bertz CT molecular complexity index is 764. The van der Waals surface area contributed by atoms with Crippen LogP contribution in [0.25, 0.3) is 11.2 Å². The molecule has 22 heavy (non-hydrogen) atoms. The van der Waals surface area contributed by atoms with Crippen LogP contribution in [-0.4, -0.2) is 24.6 Å². The third-order valence-corrected chi connectivity index (χ3v) is 3.66. The molecule has 3 aromatic rings. The summed E-state index contributed by atoms with van der Waals surface area (Å²) in [5.41, 5.74) is 3.65. The summed E-state index contributed by atoms with van der Waals surface area (Å²) in [6, 6.07) is 7.86. The Labute approximate surface area is 128 Å². The van der Waals surface area contributed by atoms with Crippen molar-refractivity contribution in [1.82, 2.24) is 19.5 Å². The molecule has 6 nitrogen and oxygen atoms in total. The van der Waals surface area contributed by atoms with Gasteiger partial charge in [0.15, 0.2) is 11.5 Å². The van der Waals surface area contributed by atoms with E-state index in [9.17, 15) is 5.11 Å². The van der Waals surface area contributed by atoms with Gasteiger partial charge >= 0.3 is 0 Å². The lowest BCUT2D eigenvalue weighted by Gasteiger charge is -2.08. The highest BCUT2D eigenvalue weighted by Crippen LogP contribution is 2.18. The average Bonchev–Trinajstić information content (AvgIpc) is 2.97. The molecule has 0 spiro atoms. The maximum absolute atomic E-state index is 9.52. The van der Waals surface area contributed by atoms with Crippen LogP contribution in [-0.2, 0) is 13.1 Å². The maximum Gasteiger partial charge on any atom is 0.165 e. The summed E-state index contributed by atoms with van der Waals surface area (Å²) >= 11 is 0. The number of hydrogen-bond acceptors (Lipinski definition) is 5. The number of rotatable bonds is 5. The van der Waals surface area contributed by atoms with E-state index in [1.165, 1.54) is 0 Å². The smallest absolute Gasteiger partial charge is 0.165 e. The molecular formula is C16H19N5O. The van der Waals surface area contributed by atoms with Crippen LogP contribution < -0.4 is 5.32 Å². The zero-order chi connectivity index (χ0) is 15.5. The molecule has 0 radical (unpaired) electrons. The summed E-state index contributed by atoms with van der Waals surface area (Å²) in [6.45, 7) is 5.29. The molecule has 6 heteroatoms. The van der Waals surface area contributed by atoms with Gasteiger partial charge in [-0.3, -0.25) is 0 Å². The van der Waals surface area contributed by atoms with Gasteiger partial charge in [-0.15, -0.1) is 0 Å². The summed E-state index contributed by atoms with van der Waals surface area (Å²) in [5.74, 6) is 0.733. The van der Waals surface area contributed by atoms with E-state index in [0.29, 0.717) is 6.54 Å². The first-order valence-corrected chi connectivity index (χ1v) is 7.35. The van der Waals surface area contributed by atoms with E-state index in [4.69, 9.17) is 0 Å². The highest BCUT2D eigenvalue weighted by molar-refractivity contribution is 5.82. The number of fused-ring (bicyclic) bond motifs is 1. The molecule has 0 aliphatic heterocycles. The largest absolute Gasteiger partial charge is 0.389 e. The van der Waals surface area contributed by atoms with Crippen molar-refractivity contribution in [2.24, 2.45) is 0 Å². The third kappa shape index (κ3) is 2.78. The minimum atomic E-state index is -0.443. The zero-order valence-electron chi connectivity index (χ0n) is 12.7. The van der Waals surface area contributed by atoms with Gasteiger partial charge < -0.3 is 15.0 Å². The van der Waals surface area contributed by atoms with Crippen molar-refractivity contribution in [2.45, 2.75) is 33.0 Å². The minimum absolute atomic E-state index is 0.443. The highest BCUT2D eigenvalue weighted by Gasteiger charge is 2.09. The van der Waals surface area contributed by atoms with E-state index in [2.05, 4.69) is 27.2 Å². The molecule has 0 aliphatic rings. The number of benzene rings is 1. The van der Waals surface area contributed by atoms with Gasteiger partial charge in [0, 0.05) is 13.1 Å². The van der Waals surface area contributed by atoms with E-state index in [-0.39, 0.29) is 0 Å². The van der Waals surface area contributed by atoms with E-state index in [0.717, 1.165) is 34.7 Å². The summed E-state index contributed by atoms with van der Waals surface area (Å²) in [4.78, 5) is 12.9. The number of hydrogen-bond donors (Lipinski definition) is 2. The van der Waals surface area contributed by atoms with Crippen LogP contribution >= 0.6 is 0 Å². The van der Waals surface area contributed by atoms with Gasteiger partial charge in [-0.25, -0.2) is 15.0 Å². The standard InChI is InChI=1S/C16H19N5O/c1-3-21-10-20-14-15(18-9-19-16(14)21)17-8-12-4-6-13(7-5-12)11(2)22/h4-7,9-11,22H,3,8H2,1-2H3,(H,17,18,19). The van der Waals surface area contributed by atoms with Crippen LogP contribution in [0.1, 0.15) is 31.1 Å². The molecule has 0 saturated carbocycles. The number of nitrogens with one attached hydrogen (secondary N) is 1. The van der Waals surface area contributed by atoms with Crippen molar-refractivity contribution >= 4 is 17.0 Å². The molecule has 2 heterocycles. The summed E-state index contributed by atoms with van der Waals surface area (Å²) in [6.07, 6.45) is 2.89. The molecule has 0 fully saturated rings. The Kier molecular flexibility index (Phi) is 4.02. The number of aryl methyl sites for hydroxylation is 1. The monoisotopic (exact) mass is 297 g/mol. The molecule has 1 atom stereocenters. The maximum atomic E-state index is 9.52. The van der Waals surface area contributed by atoms with Crippen LogP contribution in [0.2, 0.25) is 0 Å². The Morgan fingerprint density at radius 1 is 1.18 bits per heavy atom. The van der Waals surface area contributed by atoms with Gasteiger partial charge in [0.25, 0.3) is 0 Å². The van der Waals surface area contributed by atoms with Crippen LogP contribution in [0, 0.1) is 0 Å². The number of imidazole rings is 1. The Morgan fingerprint density at radius 2 is 1.95 bits per heavy atom. The fourth-order valence-corrected chi connectivity index (χ4v) is 2.34. The summed E-state index contributed by atoms with van der Waals surface area (Å²) < 4.78 is 1.99. The minimum Gasteiger partial charge on any atom is -0.389 e. The first kappa shape index (κ1) is 14.5. The molecule has 0 amide bonds. The van der Waals surface area contributed by atoms with Crippen molar-refractivity contribution in [3.63, 3.8) is 0 Å². The molecule has 1 unspecified atom stereocenters. The molecular weight excluding hydrogens is 278 g/mol. The fourth-order valence-electron chi connectivity index (χ4n) is 2.34. The second kappa shape index (κ2) is 6.11.